The van der Waals surface area contributed by atoms with Crippen molar-refractivity contribution in [3.63, 3.8) is 0 Å². The van der Waals surface area contributed by atoms with Gasteiger partial charge in [0, 0.05) is 0 Å². The summed E-state index contributed by atoms with van der Waals surface area (Å²) in [5.74, 6) is -5.83. The first kappa shape index (κ1) is 14.3. The fourth-order valence-electron chi connectivity index (χ4n) is 1.09. The Balaban J connectivity index is 5.52. The molecule has 0 bridgehead atoms. The fourth-order valence-corrected chi connectivity index (χ4v) is 1.09. The number of hydrogen-bond acceptors (Lipinski definition) is 6. The Morgan fingerprint density at radius 2 is 1.56 bits per heavy atom. The molecule has 0 radical (unpaired) electrons. The zero-order valence-electron chi connectivity index (χ0n) is 8.25. The van der Waals surface area contributed by atoms with Gasteiger partial charge in [0.2, 0.25) is 5.54 Å². The zero-order valence-corrected chi connectivity index (χ0v) is 8.25. The van der Waals surface area contributed by atoms with Gasteiger partial charge in [-0.2, -0.15) is 0 Å². The molecule has 0 aliphatic rings. The molecule has 9 nitrogen and oxygen atoms in total. The van der Waals surface area contributed by atoms with Gasteiger partial charge in [0.15, 0.2) is 0 Å². The van der Waals surface area contributed by atoms with Crippen LogP contribution in [0.15, 0.2) is 0 Å². The van der Waals surface area contributed by atoms with Gasteiger partial charge in [0.25, 0.3) is 0 Å². The van der Waals surface area contributed by atoms with Crippen molar-refractivity contribution >= 4 is 17.9 Å². The van der Waals surface area contributed by atoms with Crippen LogP contribution in [0.3, 0.4) is 0 Å². The number of rotatable bonds is 6. The van der Waals surface area contributed by atoms with Crippen molar-refractivity contribution in [2.24, 2.45) is 5.73 Å². The first-order valence-electron chi connectivity index (χ1n) is 4.07. The van der Waals surface area contributed by atoms with Crippen molar-refractivity contribution in [3.05, 3.63) is 0 Å². The number of nitrogens with two attached hydrogens (primary N) is 1. The Morgan fingerprint density at radius 3 is 1.75 bits per heavy atom. The Bertz CT molecular complexity index is 300. The van der Waals surface area contributed by atoms with E-state index in [2.05, 4.69) is 0 Å². The molecular formula is C7H12N2O7. The molecule has 0 heterocycles. The summed E-state index contributed by atoms with van der Waals surface area (Å²) in [4.78, 5) is 32.3. The molecule has 0 rings (SSSR count). The Kier molecular flexibility index (Phi) is 4.35. The maximum Gasteiger partial charge on any atom is 0.338 e. The number of aliphatic hydroxyl groups excluding tert-OH is 1. The van der Waals surface area contributed by atoms with Crippen LogP contribution in [0.2, 0.25) is 0 Å². The van der Waals surface area contributed by atoms with Crippen LogP contribution < -0.4 is 11.1 Å². The highest BCUT2D eigenvalue weighted by Gasteiger charge is 2.55. The van der Waals surface area contributed by atoms with Crippen molar-refractivity contribution in [3.8, 4) is 0 Å². The maximum atomic E-state index is 10.8. The second kappa shape index (κ2) is 4.88. The van der Waals surface area contributed by atoms with E-state index in [1.807, 2.05) is 0 Å². The highest BCUT2D eigenvalue weighted by Crippen LogP contribution is 2.12. The minimum Gasteiger partial charge on any atom is -0.480 e. The molecule has 7 N–H and O–H groups in total. The van der Waals surface area contributed by atoms with Crippen LogP contribution in [0.25, 0.3) is 0 Å². The fraction of sp³-hybridized carbons (Fsp3) is 0.571. The standard InChI is InChI=1S/C7H12N2O7/c1-2(10)9-7(5(13)14,6(15)16)3(8)4(11)12/h2-3,9-10H,8H2,1H3,(H,11,12)(H,13,14)(H,15,16). The van der Waals surface area contributed by atoms with E-state index in [4.69, 9.17) is 26.2 Å². The normalized spacial score (nSPS) is 15.2. The van der Waals surface area contributed by atoms with Crippen molar-refractivity contribution in [2.75, 3.05) is 0 Å². The molecule has 0 amide bonds. The van der Waals surface area contributed by atoms with Crippen LogP contribution in [-0.2, 0) is 14.4 Å². The Labute approximate surface area is 89.5 Å². The minimum absolute atomic E-state index is 1.04. The van der Waals surface area contributed by atoms with Crippen LogP contribution in [0.4, 0.5) is 0 Å². The molecule has 2 unspecified atom stereocenters. The van der Waals surface area contributed by atoms with Crippen molar-refractivity contribution in [1.29, 1.82) is 0 Å². The van der Waals surface area contributed by atoms with E-state index in [1.54, 1.807) is 5.32 Å². The van der Waals surface area contributed by atoms with Crippen LogP contribution in [0.1, 0.15) is 6.92 Å². The smallest absolute Gasteiger partial charge is 0.338 e. The third-order valence-electron chi connectivity index (χ3n) is 1.84. The molecule has 0 saturated heterocycles. The van der Waals surface area contributed by atoms with Crippen molar-refractivity contribution < 1.29 is 34.8 Å². The van der Waals surface area contributed by atoms with Crippen LogP contribution >= 0.6 is 0 Å². The van der Waals surface area contributed by atoms with E-state index in [0.29, 0.717) is 0 Å². The summed E-state index contributed by atoms with van der Waals surface area (Å²) < 4.78 is 0. The lowest BCUT2D eigenvalue weighted by atomic mass is 9.90. The number of aliphatic hydroxyl groups is 1. The molecule has 0 aliphatic carbocycles. The second-order valence-electron chi connectivity index (χ2n) is 3.05. The maximum absolute atomic E-state index is 10.8. The molecule has 0 aromatic rings. The Morgan fingerprint density at radius 1 is 1.19 bits per heavy atom. The van der Waals surface area contributed by atoms with Gasteiger partial charge in [-0.3, -0.25) is 10.1 Å². The topological polar surface area (TPSA) is 170 Å². The van der Waals surface area contributed by atoms with E-state index in [-0.39, 0.29) is 0 Å². The molecule has 0 aliphatic heterocycles. The highest BCUT2D eigenvalue weighted by atomic mass is 16.4. The molecule has 92 valence electrons. The van der Waals surface area contributed by atoms with E-state index in [0.717, 1.165) is 6.92 Å². The van der Waals surface area contributed by atoms with Gasteiger partial charge in [0.1, 0.15) is 12.3 Å². The average Bonchev–Trinajstić information content (AvgIpc) is 2.11. The van der Waals surface area contributed by atoms with Crippen molar-refractivity contribution in [1.82, 2.24) is 5.32 Å². The lowest BCUT2D eigenvalue weighted by molar-refractivity contribution is -0.167. The predicted octanol–water partition coefficient (Wildman–Crippen LogP) is -2.77. The molecular weight excluding hydrogens is 224 g/mol. The number of carboxylic acids is 3. The number of aliphatic carboxylic acids is 3. The van der Waals surface area contributed by atoms with Gasteiger partial charge in [-0.1, -0.05) is 0 Å². The molecule has 0 aromatic carbocycles. The summed E-state index contributed by atoms with van der Waals surface area (Å²) in [6.07, 6.45) is -1.56. The lowest BCUT2D eigenvalue weighted by Crippen LogP contribution is -2.72. The number of carbonyl (C=O) groups is 3. The largest absolute Gasteiger partial charge is 0.480 e. The minimum atomic E-state index is -2.99. The van der Waals surface area contributed by atoms with Gasteiger partial charge in [-0.15, -0.1) is 0 Å². The molecule has 16 heavy (non-hydrogen) atoms. The average molecular weight is 236 g/mol. The van der Waals surface area contributed by atoms with Crippen molar-refractivity contribution in [2.45, 2.75) is 24.7 Å². The molecule has 0 saturated carbocycles. The highest BCUT2D eigenvalue weighted by molar-refractivity contribution is 6.08. The SMILES string of the molecule is CC(O)NC(C(=O)O)(C(=O)O)C(N)C(=O)O. The summed E-state index contributed by atoms with van der Waals surface area (Å²) in [5.41, 5.74) is 2.02. The van der Waals surface area contributed by atoms with Crippen LogP contribution in [0.5, 0.6) is 0 Å². The third kappa shape index (κ3) is 2.45. The van der Waals surface area contributed by atoms with Gasteiger partial charge >= 0.3 is 17.9 Å². The lowest BCUT2D eigenvalue weighted by Gasteiger charge is -2.30. The van der Waals surface area contributed by atoms with E-state index >= 15 is 0 Å². The number of hydrogen-bond donors (Lipinski definition) is 6. The quantitative estimate of drug-likeness (QED) is 0.211. The van der Waals surface area contributed by atoms with Gasteiger partial charge in [-0.25, -0.2) is 9.59 Å². The van der Waals surface area contributed by atoms with E-state index in [1.165, 1.54) is 0 Å². The summed E-state index contributed by atoms with van der Waals surface area (Å²) in [7, 11) is 0. The monoisotopic (exact) mass is 236 g/mol. The molecule has 9 heteroatoms. The summed E-state index contributed by atoms with van der Waals surface area (Å²) in [5, 5.41) is 36.7. The first-order valence-corrected chi connectivity index (χ1v) is 4.07. The molecule has 2 atom stereocenters. The summed E-state index contributed by atoms with van der Waals surface area (Å²) in [6, 6.07) is -2.25. The van der Waals surface area contributed by atoms with E-state index < -0.39 is 35.7 Å². The van der Waals surface area contributed by atoms with Gasteiger partial charge in [-0.05, 0) is 6.92 Å². The molecule has 0 spiro atoms. The summed E-state index contributed by atoms with van der Waals surface area (Å²) in [6.45, 7) is 1.04. The van der Waals surface area contributed by atoms with Crippen LogP contribution in [-0.4, -0.2) is 56.1 Å². The molecule has 0 aromatic heterocycles. The summed E-state index contributed by atoms with van der Waals surface area (Å²) >= 11 is 0. The number of carboxylic acid groups (broad SMARTS) is 3. The first-order chi connectivity index (χ1) is 7.16. The zero-order chi connectivity index (χ0) is 13.1. The van der Waals surface area contributed by atoms with Gasteiger partial charge in [0.05, 0.1) is 0 Å². The van der Waals surface area contributed by atoms with E-state index in [9.17, 15) is 14.4 Å². The van der Waals surface area contributed by atoms with Crippen LogP contribution in [0, 0.1) is 0 Å². The van der Waals surface area contributed by atoms with Gasteiger partial charge < -0.3 is 26.2 Å². The number of nitrogens with one attached hydrogen (secondary N) is 1. The third-order valence-corrected chi connectivity index (χ3v) is 1.84. The molecule has 0 fully saturated rings. The predicted molar refractivity (Wildman–Crippen MR) is 48.4 cm³/mol. The second-order valence-corrected chi connectivity index (χ2v) is 3.05. The Hall–Kier alpha value is -1.71.